The fourth-order valence-electron chi connectivity index (χ4n) is 2.68. The van der Waals surface area contributed by atoms with E-state index in [1.165, 1.54) is 24.2 Å². The molecule has 0 saturated heterocycles. The van der Waals surface area contributed by atoms with E-state index in [-0.39, 0.29) is 0 Å². The van der Waals surface area contributed by atoms with Crippen molar-refractivity contribution in [2.24, 2.45) is 5.84 Å². The Morgan fingerprint density at radius 1 is 1.30 bits per heavy atom. The molecule has 2 heterocycles. The molecule has 3 N–H and O–H groups in total. The van der Waals surface area contributed by atoms with Crippen LogP contribution in [0.2, 0.25) is 0 Å². The zero-order valence-electron chi connectivity index (χ0n) is 11.8. The van der Waals surface area contributed by atoms with Crippen LogP contribution in [0.4, 0.5) is 5.82 Å². The van der Waals surface area contributed by atoms with Gasteiger partial charge in [-0.25, -0.2) is 20.8 Å². The van der Waals surface area contributed by atoms with Crippen molar-refractivity contribution in [3.8, 4) is 5.82 Å². The van der Waals surface area contributed by atoms with Gasteiger partial charge in [-0.15, -0.1) is 0 Å². The van der Waals surface area contributed by atoms with Crippen LogP contribution >= 0.6 is 0 Å². The Morgan fingerprint density at radius 2 is 2.15 bits per heavy atom. The number of rotatable bonds is 4. The summed E-state index contributed by atoms with van der Waals surface area (Å²) in [7, 11) is 0. The number of nitrogen functional groups attached to an aromatic ring is 1. The zero-order chi connectivity index (χ0) is 13.9. The van der Waals surface area contributed by atoms with Crippen LogP contribution in [-0.2, 0) is 19.3 Å². The quantitative estimate of drug-likeness (QED) is 0.655. The van der Waals surface area contributed by atoms with Crippen LogP contribution in [0.5, 0.6) is 0 Å². The maximum Gasteiger partial charge on any atom is 0.145 e. The van der Waals surface area contributed by atoms with E-state index in [4.69, 9.17) is 5.84 Å². The van der Waals surface area contributed by atoms with Gasteiger partial charge < -0.3 is 5.43 Å². The van der Waals surface area contributed by atoms with E-state index in [0.717, 1.165) is 37.3 Å². The number of aromatic nitrogens is 4. The molecular weight excluding hydrogens is 252 g/mol. The molecule has 0 spiro atoms. The number of anilines is 1. The van der Waals surface area contributed by atoms with Gasteiger partial charge in [-0.1, -0.05) is 6.92 Å². The summed E-state index contributed by atoms with van der Waals surface area (Å²) >= 11 is 0. The third-order valence-corrected chi connectivity index (χ3v) is 3.66. The van der Waals surface area contributed by atoms with Gasteiger partial charge in [0.15, 0.2) is 0 Å². The summed E-state index contributed by atoms with van der Waals surface area (Å²) in [6.07, 6.45) is 8.30. The van der Waals surface area contributed by atoms with Gasteiger partial charge in [0, 0.05) is 18.2 Å². The number of hydrogen-bond donors (Lipinski definition) is 2. The lowest BCUT2D eigenvalue weighted by Gasteiger charge is -2.14. The summed E-state index contributed by atoms with van der Waals surface area (Å²) < 4.78 is 2.08. The van der Waals surface area contributed by atoms with E-state index in [2.05, 4.69) is 31.9 Å². The third kappa shape index (κ3) is 2.38. The first-order chi connectivity index (χ1) is 9.81. The molecule has 0 radical (unpaired) electrons. The lowest BCUT2D eigenvalue weighted by molar-refractivity contribution is 0.653. The predicted molar refractivity (Wildman–Crippen MR) is 77.6 cm³/mol. The molecule has 0 aromatic carbocycles. The van der Waals surface area contributed by atoms with Gasteiger partial charge >= 0.3 is 0 Å². The molecule has 1 aliphatic rings. The van der Waals surface area contributed by atoms with Crippen LogP contribution in [0.15, 0.2) is 12.4 Å². The molecule has 20 heavy (non-hydrogen) atoms. The van der Waals surface area contributed by atoms with Crippen molar-refractivity contribution in [3.05, 3.63) is 29.6 Å². The summed E-state index contributed by atoms with van der Waals surface area (Å²) in [5.74, 6) is 7.83. The van der Waals surface area contributed by atoms with Gasteiger partial charge in [0.2, 0.25) is 0 Å². The number of hydrogen-bond acceptors (Lipinski definition) is 5. The second-order valence-electron chi connectivity index (χ2n) is 5.14. The van der Waals surface area contributed by atoms with Gasteiger partial charge in [0.05, 0.1) is 5.69 Å². The lowest BCUT2D eigenvalue weighted by atomic mass is 10.0. The molecule has 0 fully saturated rings. The van der Waals surface area contributed by atoms with Gasteiger partial charge in [-0.05, 0) is 32.1 Å². The molecule has 6 nitrogen and oxygen atoms in total. The van der Waals surface area contributed by atoms with Crippen LogP contribution in [-0.4, -0.2) is 19.5 Å². The maximum absolute atomic E-state index is 5.51. The average molecular weight is 272 g/mol. The minimum atomic E-state index is 0.650. The maximum atomic E-state index is 5.51. The minimum absolute atomic E-state index is 0.650. The Bertz CT molecular complexity index is 604. The van der Waals surface area contributed by atoms with Crippen molar-refractivity contribution in [2.45, 2.75) is 45.4 Å². The standard InChI is InChI=1S/C14H20N6/c1-2-5-12-17-13(19-15)8-14(18-12)20-9-16-10-6-3-4-7-11(10)20/h8-9H,2-7,15H2,1H3,(H,17,18,19). The molecule has 2 aromatic heterocycles. The minimum Gasteiger partial charge on any atom is -0.308 e. The first kappa shape index (κ1) is 13.1. The molecule has 0 atom stereocenters. The first-order valence-corrected chi connectivity index (χ1v) is 7.22. The number of nitrogens with one attached hydrogen (secondary N) is 1. The predicted octanol–water partition coefficient (Wildman–Crippen LogP) is 1.78. The van der Waals surface area contributed by atoms with E-state index in [1.807, 2.05) is 12.4 Å². The summed E-state index contributed by atoms with van der Waals surface area (Å²) in [5, 5.41) is 0. The van der Waals surface area contributed by atoms with E-state index >= 15 is 0 Å². The van der Waals surface area contributed by atoms with Crippen molar-refractivity contribution >= 4 is 5.82 Å². The monoisotopic (exact) mass is 272 g/mol. The first-order valence-electron chi connectivity index (χ1n) is 7.22. The van der Waals surface area contributed by atoms with E-state index in [9.17, 15) is 0 Å². The highest BCUT2D eigenvalue weighted by Crippen LogP contribution is 2.23. The Morgan fingerprint density at radius 3 is 2.95 bits per heavy atom. The van der Waals surface area contributed by atoms with Crippen molar-refractivity contribution in [1.82, 2.24) is 19.5 Å². The molecule has 0 bridgehead atoms. The summed E-state index contributed by atoms with van der Waals surface area (Å²) in [6.45, 7) is 2.12. The summed E-state index contributed by atoms with van der Waals surface area (Å²) in [4.78, 5) is 13.5. The van der Waals surface area contributed by atoms with Crippen LogP contribution in [0.1, 0.15) is 43.4 Å². The van der Waals surface area contributed by atoms with Gasteiger partial charge in [-0.2, -0.15) is 0 Å². The van der Waals surface area contributed by atoms with E-state index in [0.29, 0.717) is 5.82 Å². The molecule has 106 valence electrons. The van der Waals surface area contributed by atoms with Crippen LogP contribution < -0.4 is 11.3 Å². The third-order valence-electron chi connectivity index (χ3n) is 3.66. The zero-order valence-corrected chi connectivity index (χ0v) is 11.8. The van der Waals surface area contributed by atoms with Gasteiger partial charge in [-0.3, -0.25) is 4.57 Å². The number of imidazole rings is 1. The highest BCUT2D eigenvalue weighted by Gasteiger charge is 2.17. The summed E-state index contributed by atoms with van der Waals surface area (Å²) in [5.41, 5.74) is 5.10. The van der Waals surface area contributed by atoms with Crippen LogP contribution in [0.3, 0.4) is 0 Å². The fourth-order valence-corrected chi connectivity index (χ4v) is 2.68. The Balaban J connectivity index is 2.04. The second-order valence-corrected chi connectivity index (χ2v) is 5.14. The van der Waals surface area contributed by atoms with Crippen LogP contribution in [0, 0.1) is 0 Å². The second kappa shape index (κ2) is 5.58. The van der Waals surface area contributed by atoms with Crippen molar-refractivity contribution in [1.29, 1.82) is 0 Å². The molecule has 0 aliphatic heterocycles. The van der Waals surface area contributed by atoms with Gasteiger partial charge in [0.1, 0.15) is 23.8 Å². The normalized spacial score (nSPS) is 14.1. The van der Waals surface area contributed by atoms with Crippen molar-refractivity contribution < 1.29 is 0 Å². The van der Waals surface area contributed by atoms with E-state index in [1.54, 1.807) is 0 Å². The number of hydrazine groups is 1. The Labute approximate surface area is 118 Å². The van der Waals surface area contributed by atoms with E-state index < -0.39 is 0 Å². The summed E-state index contributed by atoms with van der Waals surface area (Å²) in [6, 6.07) is 1.87. The molecule has 1 aliphatic carbocycles. The molecule has 0 amide bonds. The molecule has 0 saturated carbocycles. The average Bonchev–Trinajstić information content (AvgIpc) is 2.91. The molecule has 0 unspecified atom stereocenters. The number of fused-ring (bicyclic) bond motifs is 1. The molecule has 2 aromatic rings. The lowest BCUT2D eigenvalue weighted by Crippen LogP contribution is -2.14. The van der Waals surface area contributed by atoms with Crippen LogP contribution in [0.25, 0.3) is 5.82 Å². The van der Waals surface area contributed by atoms with Gasteiger partial charge in [0.25, 0.3) is 0 Å². The smallest absolute Gasteiger partial charge is 0.145 e. The molecule has 3 rings (SSSR count). The highest BCUT2D eigenvalue weighted by molar-refractivity contribution is 5.42. The molecule has 6 heteroatoms. The fraction of sp³-hybridized carbons (Fsp3) is 0.500. The SMILES string of the molecule is CCCc1nc(NN)cc(-n2cnc3c2CCCC3)n1. The Hall–Kier alpha value is -1.95. The van der Waals surface area contributed by atoms with Crippen molar-refractivity contribution in [3.63, 3.8) is 0 Å². The number of nitrogens with two attached hydrogens (primary N) is 1. The largest absolute Gasteiger partial charge is 0.308 e. The number of aryl methyl sites for hydroxylation is 2. The highest BCUT2D eigenvalue weighted by atomic mass is 15.3. The Kier molecular flexibility index (Phi) is 3.64. The number of nitrogens with zero attached hydrogens (tertiary/aromatic N) is 4. The van der Waals surface area contributed by atoms with Crippen molar-refractivity contribution in [2.75, 3.05) is 5.43 Å². The topological polar surface area (TPSA) is 81.6 Å². The molecular formula is C14H20N6.